The number of rotatable bonds is 3. The molecular formula is C15H17ClF3N3O. The zero-order valence-electron chi connectivity index (χ0n) is 12.3. The second-order valence-electron chi connectivity index (χ2n) is 6.03. The predicted molar refractivity (Wildman–Crippen MR) is 81.5 cm³/mol. The Hall–Kier alpha value is -1.47. The van der Waals surface area contributed by atoms with Gasteiger partial charge in [-0.3, -0.25) is 10.1 Å². The number of anilines is 1. The van der Waals surface area contributed by atoms with Crippen molar-refractivity contribution < 1.29 is 18.0 Å². The first kappa shape index (κ1) is 16.4. The summed E-state index contributed by atoms with van der Waals surface area (Å²) in [7, 11) is 0. The smallest absolute Gasteiger partial charge is 0.262 e. The van der Waals surface area contributed by atoms with Crippen LogP contribution in [0.4, 0.5) is 18.9 Å². The third-order valence-corrected chi connectivity index (χ3v) is 4.52. The Labute approximate surface area is 137 Å². The first-order valence-corrected chi connectivity index (χ1v) is 7.83. The lowest BCUT2D eigenvalue weighted by atomic mass is 10.1. The maximum Gasteiger partial charge on any atom is 0.262 e. The highest BCUT2D eigenvalue weighted by Crippen LogP contribution is 2.27. The molecule has 2 fully saturated rings. The number of alkyl halides is 2. The molecule has 1 amide bonds. The van der Waals surface area contributed by atoms with E-state index >= 15 is 0 Å². The number of hydrogen-bond donors (Lipinski definition) is 2. The van der Waals surface area contributed by atoms with E-state index in [4.69, 9.17) is 11.6 Å². The Morgan fingerprint density at radius 1 is 1.43 bits per heavy atom. The van der Waals surface area contributed by atoms with Crippen LogP contribution < -0.4 is 15.5 Å². The zero-order chi connectivity index (χ0) is 16.6. The number of benzene rings is 1. The Morgan fingerprint density at radius 3 is 2.87 bits per heavy atom. The summed E-state index contributed by atoms with van der Waals surface area (Å²) < 4.78 is 39.5. The quantitative estimate of drug-likeness (QED) is 0.881. The van der Waals surface area contributed by atoms with E-state index in [-0.39, 0.29) is 11.1 Å². The molecule has 0 spiro atoms. The van der Waals surface area contributed by atoms with E-state index in [1.165, 1.54) is 6.07 Å². The Kier molecular flexibility index (Phi) is 4.42. The van der Waals surface area contributed by atoms with E-state index < -0.39 is 36.7 Å². The van der Waals surface area contributed by atoms with Crippen LogP contribution in [0.15, 0.2) is 18.2 Å². The number of carbonyl (C=O) groups excluding carboxylic acids is 1. The average Bonchev–Trinajstić information content (AvgIpc) is 3.08. The second-order valence-corrected chi connectivity index (χ2v) is 6.44. The Balaban J connectivity index is 1.55. The zero-order valence-corrected chi connectivity index (χ0v) is 13.0. The summed E-state index contributed by atoms with van der Waals surface area (Å²) in [5.41, 5.74) is 0.777. The molecule has 2 atom stereocenters. The van der Waals surface area contributed by atoms with E-state index in [1.807, 2.05) is 4.90 Å². The highest BCUT2D eigenvalue weighted by atomic mass is 35.5. The first-order valence-electron chi connectivity index (χ1n) is 7.46. The first-order chi connectivity index (χ1) is 10.8. The van der Waals surface area contributed by atoms with Gasteiger partial charge in [0.25, 0.3) is 5.92 Å². The lowest BCUT2D eigenvalue weighted by Crippen LogP contribution is -2.46. The van der Waals surface area contributed by atoms with Gasteiger partial charge in [-0.2, -0.15) is 0 Å². The molecule has 1 aromatic rings. The molecule has 2 aliphatic rings. The van der Waals surface area contributed by atoms with Gasteiger partial charge in [0.2, 0.25) is 5.91 Å². The summed E-state index contributed by atoms with van der Waals surface area (Å²) in [5, 5.41) is 5.39. The van der Waals surface area contributed by atoms with E-state index in [0.717, 1.165) is 5.69 Å². The highest BCUT2D eigenvalue weighted by Gasteiger charge is 2.42. The average molecular weight is 348 g/mol. The van der Waals surface area contributed by atoms with Gasteiger partial charge in [0.1, 0.15) is 5.82 Å². The van der Waals surface area contributed by atoms with Crippen molar-refractivity contribution >= 4 is 23.2 Å². The third-order valence-electron chi connectivity index (χ3n) is 4.23. The van der Waals surface area contributed by atoms with Gasteiger partial charge in [-0.1, -0.05) is 11.6 Å². The van der Waals surface area contributed by atoms with Gasteiger partial charge >= 0.3 is 0 Å². The molecule has 0 saturated carbocycles. The Bertz CT molecular complexity index is 614. The number of nitrogens with zero attached hydrogens (tertiary/aromatic N) is 1. The van der Waals surface area contributed by atoms with Gasteiger partial charge in [0.05, 0.1) is 17.6 Å². The topological polar surface area (TPSA) is 44.4 Å². The van der Waals surface area contributed by atoms with E-state index in [9.17, 15) is 18.0 Å². The second kappa shape index (κ2) is 6.20. The van der Waals surface area contributed by atoms with Crippen molar-refractivity contribution in [2.75, 3.05) is 24.5 Å². The SMILES string of the molecule is O=C(NC1CCN(c2ccc(F)c(Cl)c2)C1)C1CC(F)(F)CN1. The highest BCUT2D eigenvalue weighted by molar-refractivity contribution is 6.31. The molecule has 0 aromatic heterocycles. The van der Waals surface area contributed by atoms with Crippen molar-refractivity contribution in [1.29, 1.82) is 0 Å². The van der Waals surface area contributed by atoms with Crippen molar-refractivity contribution in [3.05, 3.63) is 29.0 Å². The minimum absolute atomic E-state index is 0.0485. The van der Waals surface area contributed by atoms with Crippen molar-refractivity contribution in [2.24, 2.45) is 0 Å². The monoisotopic (exact) mass is 347 g/mol. The van der Waals surface area contributed by atoms with Crippen LogP contribution in [0.1, 0.15) is 12.8 Å². The third kappa shape index (κ3) is 3.72. The summed E-state index contributed by atoms with van der Waals surface area (Å²) in [6.45, 7) is 0.758. The molecule has 2 heterocycles. The molecule has 2 saturated heterocycles. The van der Waals surface area contributed by atoms with E-state index in [1.54, 1.807) is 12.1 Å². The van der Waals surface area contributed by atoms with Crippen LogP contribution in [-0.2, 0) is 4.79 Å². The summed E-state index contributed by atoms with van der Waals surface area (Å²) >= 11 is 5.78. The molecule has 2 aliphatic heterocycles. The lowest BCUT2D eigenvalue weighted by molar-refractivity contribution is -0.124. The molecule has 4 nitrogen and oxygen atoms in total. The fraction of sp³-hybridized carbons (Fsp3) is 0.533. The molecule has 0 bridgehead atoms. The fourth-order valence-corrected chi connectivity index (χ4v) is 3.17. The van der Waals surface area contributed by atoms with Gasteiger partial charge in [-0.15, -0.1) is 0 Å². The minimum atomic E-state index is -2.82. The van der Waals surface area contributed by atoms with Crippen LogP contribution in [0.25, 0.3) is 0 Å². The Morgan fingerprint density at radius 2 is 2.22 bits per heavy atom. The number of halogens is 4. The molecule has 126 valence electrons. The van der Waals surface area contributed by atoms with Crippen LogP contribution in [0.3, 0.4) is 0 Å². The molecule has 1 aromatic carbocycles. The largest absolute Gasteiger partial charge is 0.369 e. The van der Waals surface area contributed by atoms with E-state index in [2.05, 4.69) is 10.6 Å². The van der Waals surface area contributed by atoms with Gasteiger partial charge in [-0.25, -0.2) is 13.2 Å². The number of carbonyl (C=O) groups is 1. The van der Waals surface area contributed by atoms with Gasteiger partial charge in [0.15, 0.2) is 0 Å². The van der Waals surface area contributed by atoms with Crippen molar-refractivity contribution in [3.8, 4) is 0 Å². The van der Waals surface area contributed by atoms with E-state index in [0.29, 0.717) is 19.5 Å². The maximum absolute atomic E-state index is 13.2. The standard InChI is InChI=1S/C15H17ClF3N3O/c16-11-5-10(1-2-12(11)17)22-4-3-9(7-22)21-14(23)13-6-15(18,19)8-20-13/h1-2,5,9,13,20H,3-4,6-8H2,(H,21,23). The van der Waals surface area contributed by atoms with Crippen molar-refractivity contribution in [2.45, 2.75) is 30.8 Å². The molecule has 0 radical (unpaired) electrons. The van der Waals surface area contributed by atoms with Gasteiger partial charge in [0, 0.05) is 31.2 Å². The summed E-state index contributed by atoms with van der Waals surface area (Å²) in [4.78, 5) is 14.0. The molecule has 3 rings (SSSR count). The predicted octanol–water partition coefficient (Wildman–Crippen LogP) is 2.17. The number of hydrogen-bond acceptors (Lipinski definition) is 3. The van der Waals surface area contributed by atoms with Crippen molar-refractivity contribution in [1.82, 2.24) is 10.6 Å². The molecule has 2 unspecified atom stereocenters. The molecule has 8 heteroatoms. The normalized spacial score (nSPS) is 26.5. The van der Waals surface area contributed by atoms with Gasteiger partial charge in [-0.05, 0) is 24.6 Å². The number of nitrogens with one attached hydrogen (secondary N) is 2. The molecular weight excluding hydrogens is 331 g/mol. The van der Waals surface area contributed by atoms with Crippen LogP contribution in [0.2, 0.25) is 5.02 Å². The lowest BCUT2D eigenvalue weighted by Gasteiger charge is -2.20. The van der Waals surface area contributed by atoms with Crippen LogP contribution >= 0.6 is 11.6 Å². The van der Waals surface area contributed by atoms with Crippen LogP contribution in [0, 0.1) is 5.82 Å². The number of amides is 1. The fourth-order valence-electron chi connectivity index (χ4n) is 3.00. The summed E-state index contributed by atoms with van der Waals surface area (Å²) in [5.74, 6) is -3.70. The molecule has 2 N–H and O–H groups in total. The van der Waals surface area contributed by atoms with Crippen LogP contribution in [-0.4, -0.2) is 43.5 Å². The van der Waals surface area contributed by atoms with Crippen molar-refractivity contribution in [3.63, 3.8) is 0 Å². The minimum Gasteiger partial charge on any atom is -0.369 e. The van der Waals surface area contributed by atoms with Crippen LogP contribution in [0.5, 0.6) is 0 Å². The molecule has 0 aliphatic carbocycles. The maximum atomic E-state index is 13.2. The molecule has 23 heavy (non-hydrogen) atoms. The summed E-state index contributed by atoms with van der Waals surface area (Å²) in [6.07, 6.45) is 0.229. The summed E-state index contributed by atoms with van der Waals surface area (Å²) in [6, 6.07) is 3.50. The van der Waals surface area contributed by atoms with Gasteiger partial charge < -0.3 is 10.2 Å².